The lowest BCUT2D eigenvalue weighted by Crippen LogP contribution is -2.01. The zero-order chi connectivity index (χ0) is 25.9. The summed E-state index contributed by atoms with van der Waals surface area (Å²) in [6, 6.07) is 45.9. The van der Waals surface area contributed by atoms with E-state index >= 15 is 0 Å². The van der Waals surface area contributed by atoms with Crippen LogP contribution in [-0.4, -0.2) is 0 Å². The Labute approximate surface area is 224 Å². The largest absolute Gasteiger partial charge is 0.456 e. The van der Waals surface area contributed by atoms with E-state index in [1.807, 2.05) is 42.5 Å². The molecule has 1 heterocycles. The maximum atomic E-state index is 13.2. The van der Waals surface area contributed by atoms with Crippen LogP contribution in [0.15, 0.2) is 143 Å². The molecule has 182 valence electrons. The zero-order valence-electron chi connectivity index (χ0n) is 21.0. The van der Waals surface area contributed by atoms with Gasteiger partial charge in [0.15, 0.2) is 0 Å². The van der Waals surface area contributed by atoms with Crippen LogP contribution in [0.4, 0.5) is 0 Å². The predicted octanol–water partition coefficient (Wildman–Crippen LogP) is 9.74. The fourth-order valence-electron chi connectivity index (χ4n) is 5.95. The van der Waals surface area contributed by atoms with Crippen LogP contribution in [0.25, 0.3) is 76.5 Å². The summed E-state index contributed by atoms with van der Waals surface area (Å²) < 4.78 is 6.02. The number of para-hydroxylation sites is 1. The molecule has 0 N–H and O–H groups in total. The van der Waals surface area contributed by atoms with Gasteiger partial charge in [0, 0.05) is 0 Å². The molecule has 39 heavy (non-hydrogen) atoms. The summed E-state index contributed by atoms with van der Waals surface area (Å²) in [7, 11) is 0. The van der Waals surface area contributed by atoms with Gasteiger partial charge >= 0.3 is 0 Å². The van der Waals surface area contributed by atoms with Gasteiger partial charge in [0.1, 0.15) is 11.2 Å². The third-order valence-corrected chi connectivity index (χ3v) is 7.85. The first-order valence-electron chi connectivity index (χ1n) is 13.1. The van der Waals surface area contributed by atoms with Gasteiger partial charge in [-0.3, -0.25) is 4.79 Å². The minimum atomic E-state index is -0.00140. The van der Waals surface area contributed by atoms with E-state index < -0.39 is 0 Å². The fourth-order valence-corrected chi connectivity index (χ4v) is 5.95. The fraction of sp³-hybridized carbons (Fsp3) is 0. The second kappa shape index (κ2) is 8.41. The van der Waals surface area contributed by atoms with E-state index in [9.17, 15) is 4.79 Å². The highest BCUT2D eigenvalue weighted by molar-refractivity contribution is 6.25. The van der Waals surface area contributed by atoms with Gasteiger partial charge in [0.05, 0.1) is 10.8 Å². The summed E-state index contributed by atoms with van der Waals surface area (Å²) in [5.41, 5.74) is 5.56. The Morgan fingerprint density at radius 1 is 0.333 bits per heavy atom. The molecule has 0 saturated carbocycles. The Bertz CT molecular complexity index is 2270. The Morgan fingerprint density at radius 2 is 0.795 bits per heavy atom. The molecule has 8 rings (SSSR count). The van der Waals surface area contributed by atoms with Crippen LogP contribution in [0, 0.1) is 0 Å². The van der Waals surface area contributed by atoms with Crippen molar-refractivity contribution >= 4 is 54.3 Å². The number of fused-ring (bicyclic) bond motifs is 8. The molecule has 0 atom stereocenters. The zero-order valence-corrected chi connectivity index (χ0v) is 21.0. The standard InChI is InChI=1S/C37H22O2/c38-37-32-14-5-6-15-35(32)39-36-19-17-26(22-34(36)37)24-9-7-8-23(20-24)25-16-18-31-29-12-2-1-10-27(29)28-11-3-4-13-30(28)33(31)21-25/h1-22H. The summed E-state index contributed by atoms with van der Waals surface area (Å²) in [6.45, 7) is 0. The number of hydrogen-bond acceptors (Lipinski definition) is 2. The molecule has 1 aromatic heterocycles. The highest BCUT2D eigenvalue weighted by Crippen LogP contribution is 2.37. The van der Waals surface area contributed by atoms with Gasteiger partial charge in [0.25, 0.3) is 0 Å². The van der Waals surface area contributed by atoms with E-state index in [0.717, 1.165) is 22.3 Å². The third kappa shape index (κ3) is 3.39. The van der Waals surface area contributed by atoms with E-state index in [4.69, 9.17) is 4.42 Å². The second-order valence-corrected chi connectivity index (χ2v) is 10.1. The van der Waals surface area contributed by atoms with Crippen LogP contribution in [0.5, 0.6) is 0 Å². The van der Waals surface area contributed by atoms with E-state index in [1.54, 1.807) is 0 Å². The monoisotopic (exact) mass is 498 g/mol. The van der Waals surface area contributed by atoms with Crippen molar-refractivity contribution in [2.75, 3.05) is 0 Å². The highest BCUT2D eigenvalue weighted by atomic mass is 16.3. The second-order valence-electron chi connectivity index (χ2n) is 10.1. The first-order chi connectivity index (χ1) is 19.2. The van der Waals surface area contributed by atoms with Gasteiger partial charge in [-0.15, -0.1) is 0 Å². The molecule has 0 aliphatic carbocycles. The SMILES string of the molecule is O=c1c2ccccc2oc2ccc(-c3cccc(-c4ccc5c6ccccc6c6ccccc6c5c4)c3)cc12. The van der Waals surface area contributed by atoms with Crippen LogP contribution >= 0.6 is 0 Å². The van der Waals surface area contributed by atoms with Crippen LogP contribution in [-0.2, 0) is 0 Å². The molecule has 0 amide bonds. The Kier molecular flexibility index (Phi) is 4.71. The molecule has 2 nitrogen and oxygen atoms in total. The molecule has 0 saturated heterocycles. The van der Waals surface area contributed by atoms with Gasteiger partial charge in [-0.05, 0) is 91.0 Å². The van der Waals surface area contributed by atoms with Crippen LogP contribution < -0.4 is 5.43 Å². The van der Waals surface area contributed by atoms with Crippen molar-refractivity contribution in [3.8, 4) is 22.3 Å². The van der Waals surface area contributed by atoms with Crippen LogP contribution in [0.2, 0.25) is 0 Å². The lowest BCUT2D eigenvalue weighted by molar-refractivity contribution is 0.660. The van der Waals surface area contributed by atoms with Gasteiger partial charge < -0.3 is 4.42 Å². The molecule has 0 fully saturated rings. The van der Waals surface area contributed by atoms with E-state index in [2.05, 4.69) is 91.0 Å². The molecule has 0 unspecified atom stereocenters. The Balaban J connectivity index is 1.30. The third-order valence-electron chi connectivity index (χ3n) is 7.85. The van der Waals surface area contributed by atoms with E-state index in [0.29, 0.717) is 21.9 Å². The molecular formula is C37H22O2. The number of rotatable bonds is 2. The van der Waals surface area contributed by atoms with Crippen molar-refractivity contribution in [1.82, 2.24) is 0 Å². The molecule has 2 heteroatoms. The van der Waals surface area contributed by atoms with E-state index in [1.165, 1.54) is 32.3 Å². The summed E-state index contributed by atoms with van der Waals surface area (Å²) in [5, 5.41) is 8.80. The Morgan fingerprint density at radius 3 is 1.46 bits per heavy atom. The molecular weight excluding hydrogens is 476 g/mol. The molecule has 0 aliphatic heterocycles. The smallest absolute Gasteiger partial charge is 0.200 e. The molecule has 7 aromatic carbocycles. The van der Waals surface area contributed by atoms with Gasteiger partial charge in [-0.2, -0.15) is 0 Å². The molecule has 0 bridgehead atoms. The number of hydrogen-bond donors (Lipinski definition) is 0. The summed E-state index contributed by atoms with van der Waals surface area (Å²) >= 11 is 0. The lowest BCUT2D eigenvalue weighted by atomic mass is 9.91. The highest BCUT2D eigenvalue weighted by Gasteiger charge is 2.12. The minimum absolute atomic E-state index is 0.00140. The normalized spacial score (nSPS) is 11.7. The molecule has 0 radical (unpaired) electrons. The molecule has 0 spiro atoms. The van der Waals surface area contributed by atoms with Crippen molar-refractivity contribution in [3.05, 3.63) is 144 Å². The summed E-state index contributed by atoms with van der Waals surface area (Å²) in [5.74, 6) is 0. The van der Waals surface area contributed by atoms with Crippen molar-refractivity contribution in [1.29, 1.82) is 0 Å². The van der Waals surface area contributed by atoms with Crippen LogP contribution in [0.3, 0.4) is 0 Å². The van der Waals surface area contributed by atoms with Crippen molar-refractivity contribution in [2.24, 2.45) is 0 Å². The summed E-state index contributed by atoms with van der Waals surface area (Å²) in [6.07, 6.45) is 0. The van der Waals surface area contributed by atoms with E-state index in [-0.39, 0.29) is 5.43 Å². The van der Waals surface area contributed by atoms with Gasteiger partial charge in [0.2, 0.25) is 5.43 Å². The van der Waals surface area contributed by atoms with Crippen molar-refractivity contribution in [2.45, 2.75) is 0 Å². The summed E-state index contributed by atoms with van der Waals surface area (Å²) in [4.78, 5) is 13.2. The maximum Gasteiger partial charge on any atom is 0.200 e. The number of benzene rings is 7. The minimum Gasteiger partial charge on any atom is -0.456 e. The van der Waals surface area contributed by atoms with Gasteiger partial charge in [-0.25, -0.2) is 0 Å². The van der Waals surface area contributed by atoms with Crippen molar-refractivity contribution < 1.29 is 4.42 Å². The molecule has 8 aromatic rings. The molecule has 0 aliphatic rings. The van der Waals surface area contributed by atoms with Crippen molar-refractivity contribution in [3.63, 3.8) is 0 Å². The quantitative estimate of drug-likeness (QED) is 0.175. The average molecular weight is 499 g/mol. The Hall–Kier alpha value is -5.21. The first-order valence-corrected chi connectivity index (χ1v) is 13.1. The lowest BCUT2D eigenvalue weighted by Gasteiger charge is -2.12. The first kappa shape index (κ1) is 21.8. The van der Waals surface area contributed by atoms with Crippen LogP contribution in [0.1, 0.15) is 0 Å². The maximum absolute atomic E-state index is 13.2. The predicted molar refractivity (Wildman–Crippen MR) is 163 cm³/mol. The van der Waals surface area contributed by atoms with Gasteiger partial charge in [-0.1, -0.05) is 97.1 Å². The average Bonchev–Trinajstić information content (AvgIpc) is 3.01. The topological polar surface area (TPSA) is 30.2 Å².